The van der Waals surface area contributed by atoms with Gasteiger partial charge in [0.1, 0.15) is 10.6 Å². The molecule has 1 aromatic rings. The summed E-state index contributed by atoms with van der Waals surface area (Å²) in [6.07, 6.45) is 0. The van der Waals surface area contributed by atoms with Gasteiger partial charge in [0.25, 0.3) is 0 Å². The zero-order valence-electron chi connectivity index (χ0n) is 12.2. The molecule has 8 nitrogen and oxygen atoms in total. The molecule has 1 fully saturated rings. The smallest absolute Gasteiger partial charge is 0.246 e. The summed E-state index contributed by atoms with van der Waals surface area (Å²) in [6.45, 7) is 6.45. The quantitative estimate of drug-likeness (QED) is 0.826. The Labute approximate surface area is 123 Å². The maximum atomic E-state index is 12.3. The first kappa shape index (κ1) is 15.9. The van der Waals surface area contributed by atoms with Crippen LogP contribution in [0.3, 0.4) is 0 Å². The summed E-state index contributed by atoms with van der Waals surface area (Å²) in [4.78, 5) is 13.8. The number of ether oxygens (including phenoxy) is 1. The van der Waals surface area contributed by atoms with Gasteiger partial charge in [0, 0.05) is 13.1 Å². The van der Waals surface area contributed by atoms with Crippen LogP contribution in [0.1, 0.15) is 18.4 Å². The zero-order chi connectivity index (χ0) is 15.6. The van der Waals surface area contributed by atoms with Gasteiger partial charge in [0.05, 0.1) is 19.3 Å². The van der Waals surface area contributed by atoms with Crippen molar-refractivity contribution in [3.8, 4) is 0 Å². The van der Waals surface area contributed by atoms with Crippen LogP contribution in [-0.4, -0.2) is 56.7 Å². The van der Waals surface area contributed by atoms with E-state index in [0.29, 0.717) is 26.3 Å². The number of aromatic nitrogens is 1. The van der Waals surface area contributed by atoms with Gasteiger partial charge in [-0.05, 0) is 20.8 Å². The number of hydrogen-bond acceptors (Lipinski definition) is 6. The van der Waals surface area contributed by atoms with E-state index >= 15 is 0 Å². The molecular weight excluding hydrogens is 298 g/mol. The Bertz CT molecular complexity index is 599. The van der Waals surface area contributed by atoms with Crippen molar-refractivity contribution >= 4 is 15.9 Å². The minimum Gasteiger partial charge on any atom is -0.378 e. The Morgan fingerprint density at radius 2 is 1.95 bits per heavy atom. The highest BCUT2D eigenvalue weighted by Gasteiger charge is 2.30. The fourth-order valence-corrected chi connectivity index (χ4v) is 3.78. The lowest BCUT2D eigenvalue weighted by Crippen LogP contribution is -2.50. The molecule has 0 bridgehead atoms. The first-order valence-electron chi connectivity index (χ1n) is 6.64. The monoisotopic (exact) mass is 317 g/mol. The van der Waals surface area contributed by atoms with E-state index in [1.165, 1.54) is 13.8 Å². The van der Waals surface area contributed by atoms with E-state index in [4.69, 9.17) is 9.26 Å². The van der Waals surface area contributed by atoms with E-state index in [9.17, 15) is 13.2 Å². The van der Waals surface area contributed by atoms with E-state index in [2.05, 4.69) is 9.88 Å². The topological polar surface area (TPSA) is 102 Å². The van der Waals surface area contributed by atoms with Gasteiger partial charge in [0.2, 0.25) is 15.9 Å². The second-order valence-electron chi connectivity index (χ2n) is 4.93. The lowest BCUT2D eigenvalue weighted by molar-refractivity contribution is -0.136. The van der Waals surface area contributed by atoms with Crippen LogP contribution in [0.25, 0.3) is 0 Å². The number of nitrogens with one attached hydrogen (secondary N) is 1. The molecule has 1 aromatic heterocycles. The molecule has 0 aliphatic carbocycles. The third-order valence-corrected chi connectivity index (χ3v) is 5.05. The predicted octanol–water partition coefficient (Wildman–Crippen LogP) is -0.183. The molecule has 1 aliphatic heterocycles. The minimum absolute atomic E-state index is 0.0101. The Hall–Kier alpha value is -1.45. The summed E-state index contributed by atoms with van der Waals surface area (Å²) in [7, 11) is -3.85. The van der Waals surface area contributed by atoms with Crippen LogP contribution in [0, 0.1) is 13.8 Å². The maximum absolute atomic E-state index is 12.3. The average molecular weight is 317 g/mol. The standard InChI is InChI=1S/C12H19N3O5S/c1-8-11(10(3)20-13-8)21(17,18)14-9(2)12(16)15-4-6-19-7-5-15/h9,14H,4-7H2,1-3H3/t9-/m1/s1. The van der Waals surface area contributed by atoms with E-state index in [-0.39, 0.29) is 22.3 Å². The van der Waals surface area contributed by atoms with Crippen molar-refractivity contribution in [1.29, 1.82) is 0 Å². The number of amides is 1. The van der Waals surface area contributed by atoms with Gasteiger partial charge in [-0.25, -0.2) is 8.42 Å². The molecule has 1 atom stereocenters. The third kappa shape index (κ3) is 3.42. The number of carbonyl (C=O) groups excluding carboxylic acids is 1. The second kappa shape index (κ2) is 6.12. The molecule has 1 N–H and O–H groups in total. The summed E-state index contributed by atoms with van der Waals surface area (Å²) in [5.74, 6) is -0.0698. The Morgan fingerprint density at radius 3 is 2.48 bits per heavy atom. The number of hydrogen-bond donors (Lipinski definition) is 1. The van der Waals surface area contributed by atoms with Crippen LogP contribution in [0.4, 0.5) is 0 Å². The van der Waals surface area contributed by atoms with Crippen LogP contribution >= 0.6 is 0 Å². The molecule has 9 heteroatoms. The van der Waals surface area contributed by atoms with Gasteiger partial charge >= 0.3 is 0 Å². The summed E-state index contributed by atoms with van der Waals surface area (Å²) >= 11 is 0. The third-order valence-electron chi connectivity index (χ3n) is 3.26. The van der Waals surface area contributed by atoms with Crippen LogP contribution < -0.4 is 4.72 Å². The highest BCUT2D eigenvalue weighted by molar-refractivity contribution is 7.89. The van der Waals surface area contributed by atoms with Crippen molar-refractivity contribution in [3.05, 3.63) is 11.5 Å². The molecule has 0 spiro atoms. The molecule has 21 heavy (non-hydrogen) atoms. The molecule has 1 aliphatic rings. The second-order valence-corrected chi connectivity index (χ2v) is 6.58. The number of sulfonamides is 1. The summed E-state index contributed by atoms with van der Waals surface area (Å²) in [5, 5.41) is 3.62. The van der Waals surface area contributed by atoms with Gasteiger partial charge < -0.3 is 14.2 Å². The van der Waals surface area contributed by atoms with E-state index in [1.807, 2.05) is 0 Å². The van der Waals surface area contributed by atoms with E-state index in [1.54, 1.807) is 11.8 Å². The van der Waals surface area contributed by atoms with Gasteiger partial charge in [-0.2, -0.15) is 4.72 Å². The number of aryl methyl sites for hydroxylation is 2. The van der Waals surface area contributed by atoms with Gasteiger partial charge in [0.15, 0.2) is 5.76 Å². The summed E-state index contributed by atoms with van der Waals surface area (Å²) < 4.78 is 37.1. The van der Waals surface area contributed by atoms with Crippen molar-refractivity contribution in [2.24, 2.45) is 0 Å². The van der Waals surface area contributed by atoms with Crippen LogP contribution in [-0.2, 0) is 19.6 Å². The Kier molecular flexibility index (Phi) is 4.64. The van der Waals surface area contributed by atoms with Crippen molar-refractivity contribution in [2.75, 3.05) is 26.3 Å². The molecule has 0 radical (unpaired) electrons. The molecule has 2 rings (SSSR count). The molecule has 1 saturated heterocycles. The average Bonchev–Trinajstić information content (AvgIpc) is 2.78. The molecular formula is C12H19N3O5S. The minimum atomic E-state index is -3.85. The van der Waals surface area contributed by atoms with Crippen LogP contribution in [0.15, 0.2) is 9.42 Å². The highest BCUT2D eigenvalue weighted by atomic mass is 32.2. The van der Waals surface area contributed by atoms with Crippen molar-refractivity contribution < 1.29 is 22.5 Å². The van der Waals surface area contributed by atoms with Gasteiger partial charge in [-0.15, -0.1) is 0 Å². The van der Waals surface area contributed by atoms with E-state index < -0.39 is 16.1 Å². The number of carbonyl (C=O) groups is 1. The Morgan fingerprint density at radius 1 is 1.33 bits per heavy atom. The largest absolute Gasteiger partial charge is 0.378 e. The number of rotatable bonds is 4. The lowest BCUT2D eigenvalue weighted by atomic mass is 10.3. The van der Waals surface area contributed by atoms with Crippen LogP contribution in [0.2, 0.25) is 0 Å². The number of nitrogens with zero attached hydrogens (tertiary/aromatic N) is 2. The van der Waals surface area contributed by atoms with Gasteiger partial charge in [-0.1, -0.05) is 5.16 Å². The van der Waals surface area contributed by atoms with Crippen molar-refractivity contribution in [1.82, 2.24) is 14.8 Å². The van der Waals surface area contributed by atoms with Crippen molar-refractivity contribution in [2.45, 2.75) is 31.7 Å². The molecule has 0 unspecified atom stereocenters. The highest BCUT2D eigenvalue weighted by Crippen LogP contribution is 2.19. The SMILES string of the molecule is Cc1noc(C)c1S(=O)(=O)N[C@H](C)C(=O)N1CCOCC1. The first-order valence-corrected chi connectivity index (χ1v) is 8.13. The molecule has 2 heterocycles. The molecule has 0 aromatic carbocycles. The zero-order valence-corrected chi connectivity index (χ0v) is 13.1. The van der Waals surface area contributed by atoms with Crippen molar-refractivity contribution in [3.63, 3.8) is 0 Å². The van der Waals surface area contributed by atoms with E-state index in [0.717, 1.165) is 0 Å². The normalized spacial score (nSPS) is 17.8. The first-order chi connectivity index (χ1) is 9.83. The molecule has 1 amide bonds. The molecule has 0 saturated carbocycles. The van der Waals surface area contributed by atoms with Crippen LogP contribution in [0.5, 0.6) is 0 Å². The fourth-order valence-electron chi connectivity index (χ4n) is 2.26. The maximum Gasteiger partial charge on any atom is 0.246 e. The predicted molar refractivity (Wildman–Crippen MR) is 73.2 cm³/mol. The summed E-state index contributed by atoms with van der Waals surface area (Å²) in [6, 6.07) is -0.859. The number of morpholine rings is 1. The fraction of sp³-hybridized carbons (Fsp3) is 0.667. The van der Waals surface area contributed by atoms with Gasteiger partial charge in [-0.3, -0.25) is 4.79 Å². The lowest BCUT2D eigenvalue weighted by Gasteiger charge is -2.29. The molecule has 118 valence electrons. The Balaban J connectivity index is 2.11. The summed E-state index contributed by atoms with van der Waals surface area (Å²) in [5.41, 5.74) is 0.269.